The third-order valence-electron chi connectivity index (χ3n) is 3.02. The van der Waals surface area contributed by atoms with Crippen molar-refractivity contribution < 1.29 is 19.2 Å². The quantitative estimate of drug-likeness (QED) is 0.470. The molecular weight excluding hydrogens is 300 g/mol. The van der Waals surface area contributed by atoms with Gasteiger partial charge in [-0.3, -0.25) is 20.2 Å². The molecule has 1 aromatic rings. The first-order chi connectivity index (χ1) is 10.0. The molecule has 1 saturated carbocycles. The van der Waals surface area contributed by atoms with Gasteiger partial charge in [0.15, 0.2) is 5.75 Å². The normalized spacial score (nSPS) is 15.3. The SMILES string of the molecule is COC(=O)C(COc1cc(Cl)ccc1[N+](=O)[O-])NC1CC1. The standard InChI is InChI=1S/C13H15ClN2O5/c1-20-13(17)10(15-9-3-4-9)7-21-12-6-8(14)2-5-11(12)16(18)19/h2,5-6,9-10,15H,3-4,7H2,1H3. The number of methoxy groups -OCH3 is 1. The Kier molecular flexibility index (Phi) is 4.98. The van der Waals surface area contributed by atoms with Crippen LogP contribution in [0.2, 0.25) is 5.02 Å². The lowest BCUT2D eigenvalue weighted by molar-refractivity contribution is -0.385. The zero-order valence-corrected chi connectivity index (χ0v) is 12.1. The van der Waals surface area contributed by atoms with E-state index < -0.39 is 16.9 Å². The van der Waals surface area contributed by atoms with Crippen LogP contribution in [-0.2, 0) is 9.53 Å². The second kappa shape index (κ2) is 6.73. The molecule has 2 rings (SSSR count). The molecule has 21 heavy (non-hydrogen) atoms. The molecule has 1 fully saturated rings. The van der Waals surface area contributed by atoms with Crippen LogP contribution in [0.25, 0.3) is 0 Å². The average Bonchev–Trinajstić information content (AvgIpc) is 3.26. The molecule has 8 heteroatoms. The fourth-order valence-electron chi connectivity index (χ4n) is 1.79. The Balaban J connectivity index is 2.07. The van der Waals surface area contributed by atoms with E-state index in [9.17, 15) is 14.9 Å². The number of ether oxygens (including phenoxy) is 2. The van der Waals surface area contributed by atoms with Crippen molar-refractivity contribution in [3.05, 3.63) is 33.3 Å². The Morgan fingerprint density at radius 2 is 2.29 bits per heavy atom. The highest BCUT2D eigenvalue weighted by Crippen LogP contribution is 2.30. The van der Waals surface area contributed by atoms with Crippen molar-refractivity contribution in [1.82, 2.24) is 5.32 Å². The van der Waals surface area contributed by atoms with Crippen LogP contribution in [0, 0.1) is 10.1 Å². The van der Waals surface area contributed by atoms with Gasteiger partial charge < -0.3 is 9.47 Å². The topological polar surface area (TPSA) is 90.7 Å². The summed E-state index contributed by atoms with van der Waals surface area (Å²) in [6.07, 6.45) is 1.98. The van der Waals surface area contributed by atoms with Gasteiger partial charge in [0, 0.05) is 23.2 Å². The number of halogens is 1. The van der Waals surface area contributed by atoms with E-state index in [1.165, 1.54) is 25.3 Å². The molecule has 1 unspecified atom stereocenters. The summed E-state index contributed by atoms with van der Waals surface area (Å²) in [6.45, 7) is -0.0651. The van der Waals surface area contributed by atoms with Crippen molar-refractivity contribution in [3.63, 3.8) is 0 Å². The second-order valence-electron chi connectivity index (χ2n) is 4.70. The molecule has 7 nitrogen and oxygen atoms in total. The first-order valence-corrected chi connectivity index (χ1v) is 6.79. The summed E-state index contributed by atoms with van der Waals surface area (Å²) in [4.78, 5) is 22.0. The molecule has 1 aliphatic carbocycles. The molecule has 114 valence electrons. The van der Waals surface area contributed by atoms with Gasteiger partial charge in [-0.05, 0) is 18.9 Å². The van der Waals surface area contributed by atoms with E-state index in [0.29, 0.717) is 5.02 Å². The number of rotatable bonds is 7. The number of hydrogen-bond acceptors (Lipinski definition) is 6. The number of nitrogens with zero attached hydrogens (tertiary/aromatic N) is 1. The van der Waals surface area contributed by atoms with E-state index in [-0.39, 0.29) is 24.1 Å². The van der Waals surface area contributed by atoms with Crippen LogP contribution in [0.5, 0.6) is 5.75 Å². The summed E-state index contributed by atoms with van der Waals surface area (Å²) in [5.74, 6) is -0.439. The van der Waals surface area contributed by atoms with Gasteiger partial charge in [0.05, 0.1) is 12.0 Å². The van der Waals surface area contributed by atoms with Gasteiger partial charge in [0.1, 0.15) is 12.6 Å². The van der Waals surface area contributed by atoms with Crippen molar-refractivity contribution in [3.8, 4) is 5.75 Å². The van der Waals surface area contributed by atoms with Crippen molar-refractivity contribution in [2.45, 2.75) is 24.9 Å². The van der Waals surface area contributed by atoms with E-state index in [0.717, 1.165) is 12.8 Å². The molecule has 1 aliphatic rings. The van der Waals surface area contributed by atoms with Crippen LogP contribution in [0.4, 0.5) is 5.69 Å². The van der Waals surface area contributed by atoms with Gasteiger partial charge in [0.25, 0.3) is 0 Å². The molecule has 0 aliphatic heterocycles. The Labute approximate surface area is 126 Å². The number of carbonyl (C=O) groups is 1. The van der Waals surface area contributed by atoms with E-state index in [2.05, 4.69) is 10.1 Å². The molecule has 0 bridgehead atoms. The van der Waals surface area contributed by atoms with Crippen LogP contribution >= 0.6 is 11.6 Å². The Morgan fingerprint density at radius 3 is 2.86 bits per heavy atom. The van der Waals surface area contributed by atoms with Gasteiger partial charge in [-0.1, -0.05) is 11.6 Å². The van der Waals surface area contributed by atoms with Gasteiger partial charge in [0.2, 0.25) is 0 Å². The molecule has 1 aromatic carbocycles. The molecule has 0 aromatic heterocycles. The van der Waals surface area contributed by atoms with E-state index in [1.807, 2.05) is 0 Å². The fourth-order valence-corrected chi connectivity index (χ4v) is 1.95. The minimum atomic E-state index is -0.666. The maximum atomic E-state index is 11.7. The van der Waals surface area contributed by atoms with E-state index >= 15 is 0 Å². The molecule has 0 radical (unpaired) electrons. The van der Waals surface area contributed by atoms with Gasteiger partial charge in [-0.15, -0.1) is 0 Å². The van der Waals surface area contributed by atoms with Crippen LogP contribution in [0.15, 0.2) is 18.2 Å². The number of nitro benzene ring substituents is 1. The minimum absolute atomic E-state index is 0.0269. The zero-order chi connectivity index (χ0) is 15.4. The zero-order valence-electron chi connectivity index (χ0n) is 11.4. The monoisotopic (exact) mass is 314 g/mol. The Bertz CT molecular complexity index is 547. The van der Waals surface area contributed by atoms with Crippen LogP contribution in [-0.4, -0.2) is 36.7 Å². The highest BCUT2D eigenvalue weighted by molar-refractivity contribution is 6.30. The number of hydrogen-bond donors (Lipinski definition) is 1. The number of benzene rings is 1. The van der Waals surface area contributed by atoms with Crippen LogP contribution in [0.1, 0.15) is 12.8 Å². The molecule has 0 heterocycles. The van der Waals surface area contributed by atoms with E-state index in [1.54, 1.807) is 0 Å². The highest BCUT2D eigenvalue weighted by atomic mass is 35.5. The lowest BCUT2D eigenvalue weighted by Gasteiger charge is -2.16. The minimum Gasteiger partial charge on any atom is -0.484 e. The first kappa shape index (κ1) is 15.5. The van der Waals surface area contributed by atoms with Gasteiger partial charge in [-0.2, -0.15) is 0 Å². The lowest BCUT2D eigenvalue weighted by atomic mass is 10.3. The molecule has 1 N–H and O–H groups in total. The lowest BCUT2D eigenvalue weighted by Crippen LogP contribution is -2.43. The Morgan fingerprint density at radius 1 is 1.57 bits per heavy atom. The summed E-state index contributed by atoms with van der Waals surface area (Å²) >= 11 is 5.81. The summed E-state index contributed by atoms with van der Waals surface area (Å²) in [7, 11) is 1.28. The van der Waals surface area contributed by atoms with Crippen LogP contribution in [0.3, 0.4) is 0 Å². The number of nitrogens with one attached hydrogen (secondary N) is 1. The van der Waals surface area contributed by atoms with Crippen LogP contribution < -0.4 is 10.1 Å². The molecule has 0 spiro atoms. The van der Waals surface area contributed by atoms with Gasteiger partial charge in [-0.25, -0.2) is 0 Å². The predicted octanol–water partition coefficient (Wildman–Crippen LogP) is 1.92. The maximum Gasteiger partial charge on any atom is 0.326 e. The third-order valence-corrected chi connectivity index (χ3v) is 3.26. The van der Waals surface area contributed by atoms with Crippen molar-refractivity contribution in [2.24, 2.45) is 0 Å². The summed E-state index contributed by atoms with van der Waals surface area (Å²) < 4.78 is 10.1. The number of carbonyl (C=O) groups excluding carboxylic acids is 1. The highest BCUT2D eigenvalue weighted by Gasteiger charge is 2.30. The molecular formula is C13H15ClN2O5. The summed E-state index contributed by atoms with van der Waals surface area (Å²) in [5.41, 5.74) is -0.200. The second-order valence-corrected chi connectivity index (χ2v) is 5.13. The first-order valence-electron chi connectivity index (χ1n) is 6.42. The summed E-state index contributed by atoms with van der Waals surface area (Å²) in [5, 5.41) is 14.3. The smallest absolute Gasteiger partial charge is 0.326 e. The predicted molar refractivity (Wildman–Crippen MR) is 75.6 cm³/mol. The molecule has 0 amide bonds. The number of esters is 1. The summed E-state index contributed by atoms with van der Waals surface area (Å²) in [6, 6.07) is 3.63. The Hall–Kier alpha value is -1.86. The van der Waals surface area contributed by atoms with Crippen molar-refractivity contribution >= 4 is 23.3 Å². The molecule has 0 saturated heterocycles. The average molecular weight is 315 g/mol. The molecule has 1 atom stereocenters. The van der Waals surface area contributed by atoms with Crippen molar-refractivity contribution in [2.75, 3.05) is 13.7 Å². The van der Waals surface area contributed by atoms with Crippen molar-refractivity contribution in [1.29, 1.82) is 0 Å². The largest absolute Gasteiger partial charge is 0.484 e. The van der Waals surface area contributed by atoms with Gasteiger partial charge >= 0.3 is 11.7 Å². The number of nitro groups is 1. The third kappa shape index (κ3) is 4.30. The fraction of sp³-hybridized carbons (Fsp3) is 0.462. The van der Waals surface area contributed by atoms with E-state index in [4.69, 9.17) is 16.3 Å². The maximum absolute atomic E-state index is 11.7.